The van der Waals surface area contributed by atoms with E-state index in [0.29, 0.717) is 10.8 Å². The molecule has 0 aromatic heterocycles. The van der Waals surface area contributed by atoms with Gasteiger partial charge in [0, 0.05) is 11.5 Å². The van der Waals surface area contributed by atoms with Crippen LogP contribution in [0.4, 0.5) is 0 Å². The summed E-state index contributed by atoms with van der Waals surface area (Å²) in [7, 11) is 0. The topological polar surface area (TPSA) is 77.8 Å². The van der Waals surface area contributed by atoms with Crippen LogP contribution in [-0.2, 0) is 0 Å². The van der Waals surface area contributed by atoms with Crippen LogP contribution in [0.2, 0.25) is 0 Å². The number of benzene rings is 2. The molecule has 4 nitrogen and oxygen atoms in total. The third kappa shape index (κ3) is 1.57. The first-order valence-electron chi connectivity index (χ1n) is 4.27. The SMILES string of the molecule is O=C(O)c1ccc2cc(O)cc(O)c2c1. The number of aromatic carboxylic acids is 1. The van der Waals surface area contributed by atoms with Crippen molar-refractivity contribution in [2.24, 2.45) is 0 Å². The second-order valence-corrected chi connectivity index (χ2v) is 3.21. The molecule has 76 valence electrons. The zero-order valence-electron chi connectivity index (χ0n) is 7.64. The summed E-state index contributed by atoms with van der Waals surface area (Å²) in [5.41, 5.74) is 0.100. The normalized spacial score (nSPS) is 10.4. The predicted octanol–water partition coefficient (Wildman–Crippen LogP) is 1.95. The molecule has 0 saturated heterocycles. The van der Waals surface area contributed by atoms with Gasteiger partial charge in [-0.05, 0) is 23.6 Å². The molecule has 0 bridgehead atoms. The van der Waals surface area contributed by atoms with Crippen LogP contribution in [-0.4, -0.2) is 21.3 Å². The third-order valence-electron chi connectivity index (χ3n) is 2.16. The van der Waals surface area contributed by atoms with Crippen LogP contribution in [0.25, 0.3) is 10.8 Å². The fourth-order valence-electron chi connectivity index (χ4n) is 1.46. The van der Waals surface area contributed by atoms with Crippen molar-refractivity contribution in [1.29, 1.82) is 0 Å². The molecule has 0 unspecified atom stereocenters. The van der Waals surface area contributed by atoms with Gasteiger partial charge >= 0.3 is 5.97 Å². The van der Waals surface area contributed by atoms with Crippen molar-refractivity contribution in [3.63, 3.8) is 0 Å². The summed E-state index contributed by atoms with van der Waals surface area (Å²) in [6.45, 7) is 0. The largest absolute Gasteiger partial charge is 0.508 e. The van der Waals surface area contributed by atoms with E-state index in [1.807, 2.05) is 0 Å². The van der Waals surface area contributed by atoms with Crippen LogP contribution in [0.5, 0.6) is 11.5 Å². The first-order valence-corrected chi connectivity index (χ1v) is 4.27. The number of phenols is 2. The van der Waals surface area contributed by atoms with E-state index >= 15 is 0 Å². The highest BCUT2D eigenvalue weighted by molar-refractivity contribution is 5.97. The van der Waals surface area contributed by atoms with Gasteiger partial charge in [-0.3, -0.25) is 0 Å². The summed E-state index contributed by atoms with van der Waals surface area (Å²) < 4.78 is 0. The van der Waals surface area contributed by atoms with Crippen LogP contribution in [0.1, 0.15) is 10.4 Å². The summed E-state index contributed by atoms with van der Waals surface area (Å²) in [4.78, 5) is 10.7. The first-order chi connectivity index (χ1) is 7.08. The Kier molecular flexibility index (Phi) is 1.97. The van der Waals surface area contributed by atoms with Crippen LogP contribution < -0.4 is 0 Å². The number of rotatable bonds is 1. The van der Waals surface area contributed by atoms with Gasteiger partial charge < -0.3 is 15.3 Å². The minimum atomic E-state index is -1.05. The van der Waals surface area contributed by atoms with Gasteiger partial charge in [-0.1, -0.05) is 6.07 Å². The molecule has 0 atom stereocenters. The zero-order chi connectivity index (χ0) is 11.0. The lowest BCUT2D eigenvalue weighted by atomic mass is 10.1. The van der Waals surface area contributed by atoms with E-state index in [9.17, 15) is 15.0 Å². The number of carboxylic acids is 1. The predicted molar refractivity (Wildman–Crippen MR) is 54.2 cm³/mol. The van der Waals surface area contributed by atoms with E-state index in [1.54, 1.807) is 0 Å². The van der Waals surface area contributed by atoms with Crippen molar-refractivity contribution in [3.05, 3.63) is 35.9 Å². The second kappa shape index (κ2) is 3.16. The van der Waals surface area contributed by atoms with E-state index in [-0.39, 0.29) is 17.1 Å². The summed E-state index contributed by atoms with van der Waals surface area (Å²) >= 11 is 0. The number of phenolic OH excluding ortho intramolecular Hbond substituents is 2. The minimum absolute atomic E-state index is 0.0527. The summed E-state index contributed by atoms with van der Waals surface area (Å²) in [6, 6.07) is 6.96. The number of carbonyl (C=O) groups is 1. The van der Waals surface area contributed by atoms with Crippen molar-refractivity contribution < 1.29 is 20.1 Å². The average Bonchev–Trinajstić information content (AvgIpc) is 2.16. The van der Waals surface area contributed by atoms with Gasteiger partial charge in [0.05, 0.1) is 5.56 Å². The Labute approximate surface area is 85.0 Å². The monoisotopic (exact) mass is 204 g/mol. The first kappa shape index (κ1) is 9.33. The lowest BCUT2D eigenvalue weighted by Crippen LogP contribution is -1.95. The van der Waals surface area contributed by atoms with Crippen molar-refractivity contribution in [3.8, 4) is 11.5 Å². The van der Waals surface area contributed by atoms with E-state index in [1.165, 1.54) is 30.3 Å². The Balaban J connectivity index is 2.76. The highest BCUT2D eigenvalue weighted by atomic mass is 16.4. The molecule has 0 aliphatic heterocycles. The zero-order valence-corrected chi connectivity index (χ0v) is 7.64. The molecule has 0 spiro atoms. The number of aromatic hydroxyl groups is 2. The Morgan fingerprint density at radius 2 is 1.80 bits per heavy atom. The number of hydrogen-bond acceptors (Lipinski definition) is 3. The molecule has 3 N–H and O–H groups in total. The quantitative estimate of drug-likeness (QED) is 0.663. The lowest BCUT2D eigenvalue weighted by Gasteiger charge is -2.03. The summed E-state index contributed by atoms with van der Waals surface area (Å²) in [6.07, 6.45) is 0. The molecular formula is C11H8O4. The fraction of sp³-hybridized carbons (Fsp3) is 0. The molecule has 0 radical (unpaired) electrons. The molecule has 0 amide bonds. The van der Waals surface area contributed by atoms with Gasteiger partial charge in [-0.15, -0.1) is 0 Å². The third-order valence-corrected chi connectivity index (χ3v) is 2.16. The Hall–Kier alpha value is -2.23. The van der Waals surface area contributed by atoms with Gasteiger partial charge in [0.15, 0.2) is 0 Å². The van der Waals surface area contributed by atoms with Crippen molar-refractivity contribution in [2.75, 3.05) is 0 Å². The molecule has 0 aliphatic carbocycles. The van der Waals surface area contributed by atoms with E-state index < -0.39 is 5.97 Å². The van der Waals surface area contributed by atoms with Gasteiger partial charge in [-0.25, -0.2) is 4.79 Å². The maximum atomic E-state index is 10.7. The Morgan fingerprint density at radius 3 is 2.47 bits per heavy atom. The fourth-order valence-corrected chi connectivity index (χ4v) is 1.46. The maximum Gasteiger partial charge on any atom is 0.335 e. The smallest absolute Gasteiger partial charge is 0.335 e. The summed E-state index contributed by atoms with van der Waals surface area (Å²) in [5, 5.41) is 28.5. The van der Waals surface area contributed by atoms with Crippen molar-refractivity contribution in [2.45, 2.75) is 0 Å². The van der Waals surface area contributed by atoms with Gasteiger partial charge in [0.25, 0.3) is 0 Å². The van der Waals surface area contributed by atoms with E-state index in [2.05, 4.69) is 0 Å². The Bertz CT molecular complexity index is 546. The Morgan fingerprint density at radius 1 is 1.07 bits per heavy atom. The van der Waals surface area contributed by atoms with Crippen molar-refractivity contribution in [1.82, 2.24) is 0 Å². The maximum absolute atomic E-state index is 10.7. The number of fused-ring (bicyclic) bond motifs is 1. The molecule has 4 heteroatoms. The molecule has 2 rings (SSSR count). The van der Waals surface area contributed by atoms with Gasteiger partial charge in [0.1, 0.15) is 11.5 Å². The van der Waals surface area contributed by atoms with E-state index in [4.69, 9.17) is 5.11 Å². The molecule has 2 aromatic rings. The van der Waals surface area contributed by atoms with E-state index in [0.717, 1.165) is 0 Å². The average molecular weight is 204 g/mol. The second-order valence-electron chi connectivity index (χ2n) is 3.21. The van der Waals surface area contributed by atoms with Gasteiger partial charge in [0.2, 0.25) is 0 Å². The standard InChI is InChI=1S/C11H8O4/c12-8-3-6-1-2-7(11(14)15)4-9(6)10(13)5-8/h1-5,12-13H,(H,14,15). The highest BCUT2D eigenvalue weighted by Gasteiger charge is 2.07. The van der Waals surface area contributed by atoms with Crippen LogP contribution in [0.3, 0.4) is 0 Å². The summed E-state index contributed by atoms with van der Waals surface area (Å²) in [5.74, 6) is -1.24. The van der Waals surface area contributed by atoms with Gasteiger partial charge in [-0.2, -0.15) is 0 Å². The van der Waals surface area contributed by atoms with Crippen LogP contribution in [0, 0.1) is 0 Å². The molecule has 0 saturated carbocycles. The lowest BCUT2D eigenvalue weighted by molar-refractivity contribution is 0.0697. The number of hydrogen-bond donors (Lipinski definition) is 3. The molecule has 15 heavy (non-hydrogen) atoms. The molecule has 0 fully saturated rings. The van der Waals surface area contributed by atoms with Crippen LogP contribution >= 0.6 is 0 Å². The molecule has 2 aromatic carbocycles. The van der Waals surface area contributed by atoms with Crippen LogP contribution in [0.15, 0.2) is 30.3 Å². The minimum Gasteiger partial charge on any atom is -0.508 e. The van der Waals surface area contributed by atoms with Crippen molar-refractivity contribution >= 4 is 16.7 Å². The molecule has 0 aliphatic rings. The highest BCUT2D eigenvalue weighted by Crippen LogP contribution is 2.30. The molecular weight excluding hydrogens is 196 g/mol. The number of carboxylic acid groups (broad SMARTS) is 1. The molecule has 0 heterocycles.